The van der Waals surface area contributed by atoms with Crippen LogP contribution in [0.1, 0.15) is 0 Å². The van der Waals surface area contributed by atoms with Gasteiger partial charge < -0.3 is 15.2 Å². The van der Waals surface area contributed by atoms with Crippen molar-refractivity contribution in [3.8, 4) is 0 Å². The molecule has 0 atom stereocenters. The number of carbonyl (C=O) groups excluding carboxylic acids is 2. The van der Waals surface area contributed by atoms with Gasteiger partial charge in [-0.1, -0.05) is 0 Å². The molecule has 9 heteroatoms. The number of pyridine rings is 1. The van der Waals surface area contributed by atoms with Crippen LogP contribution >= 0.6 is 0 Å². The summed E-state index contributed by atoms with van der Waals surface area (Å²) in [6.45, 7) is -0.700. The Morgan fingerprint density at radius 3 is 2.84 bits per heavy atom. The van der Waals surface area contributed by atoms with E-state index in [1.807, 2.05) is 0 Å². The number of hydrogen-bond donors (Lipinski definition) is 1. The number of carbonyl (C=O) groups is 2. The second-order valence-corrected chi connectivity index (χ2v) is 3.93. The fraction of sp³-hybridized carbons (Fsp3) is 0.200. The number of anilines is 1. The van der Waals surface area contributed by atoms with Crippen LogP contribution < -0.4 is 45.7 Å². The van der Waals surface area contributed by atoms with Crippen molar-refractivity contribution in [3.05, 3.63) is 22.9 Å². The fourth-order valence-corrected chi connectivity index (χ4v) is 2.12. The van der Waals surface area contributed by atoms with Gasteiger partial charge in [0.1, 0.15) is 6.54 Å². The molecule has 8 nitrogen and oxygen atoms in total. The third kappa shape index (κ3) is 2.07. The molecule has 1 N–H and O–H groups in total. The average Bonchev–Trinajstić information content (AvgIpc) is 2.56. The maximum atomic E-state index is 12.0. The smallest absolute Gasteiger partial charge is 0.548 e. The normalized spacial score (nSPS) is 12.9. The summed E-state index contributed by atoms with van der Waals surface area (Å²) in [7, 11) is 0. The van der Waals surface area contributed by atoms with Gasteiger partial charge in [-0.3, -0.25) is 18.9 Å². The monoisotopic (exact) mass is 270 g/mol. The molecule has 2 aromatic rings. The van der Waals surface area contributed by atoms with Gasteiger partial charge in [-0.2, -0.15) is 0 Å². The summed E-state index contributed by atoms with van der Waals surface area (Å²) in [5.74, 6) is -1.72. The molecule has 1 amide bonds. The number of aliphatic carboxylic acids is 1. The van der Waals surface area contributed by atoms with Crippen molar-refractivity contribution < 1.29 is 44.3 Å². The summed E-state index contributed by atoms with van der Waals surface area (Å²) < 4.78 is 2.26. The van der Waals surface area contributed by atoms with Crippen LogP contribution in [0.5, 0.6) is 0 Å². The minimum absolute atomic E-state index is 0. The number of rotatable bonds is 2. The van der Waals surface area contributed by atoms with Gasteiger partial charge in [-0.25, -0.2) is 4.79 Å². The summed E-state index contributed by atoms with van der Waals surface area (Å²) >= 11 is 0. The molecular formula is C10H7N4NaO4. The SMILES string of the molecule is O=C([O-])Cn1c(=O)n2c3c(cncc31)NC(=O)C2.[Na+]. The van der Waals surface area contributed by atoms with Crippen LogP contribution in [0.2, 0.25) is 0 Å². The molecule has 0 saturated heterocycles. The Labute approximate surface area is 128 Å². The fourth-order valence-electron chi connectivity index (χ4n) is 2.12. The van der Waals surface area contributed by atoms with Gasteiger partial charge >= 0.3 is 35.2 Å². The molecule has 0 saturated carbocycles. The second kappa shape index (κ2) is 4.80. The topological polar surface area (TPSA) is 109 Å². The predicted molar refractivity (Wildman–Crippen MR) is 57.6 cm³/mol. The Kier molecular flexibility index (Phi) is 3.48. The molecule has 0 aromatic carbocycles. The minimum atomic E-state index is -1.37. The van der Waals surface area contributed by atoms with Crippen molar-refractivity contribution in [2.24, 2.45) is 0 Å². The van der Waals surface area contributed by atoms with Crippen LogP contribution in [0.4, 0.5) is 5.69 Å². The van der Waals surface area contributed by atoms with E-state index in [1.165, 1.54) is 17.0 Å². The molecule has 0 spiro atoms. The second-order valence-electron chi connectivity index (χ2n) is 3.93. The first-order chi connectivity index (χ1) is 8.58. The van der Waals surface area contributed by atoms with E-state index in [-0.39, 0.29) is 42.0 Å². The molecule has 0 bridgehead atoms. The molecular weight excluding hydrogens is 263 g/mol. The molecule has 19 heavy (non-hydrogen) atoms. The van der Waals surface area contributed by atoms with E-state index < -0.39 is 18.2 Å². The Bertz CT molecular complexity index is 748. The van der Waals surface area contributed by atoms with Crippen LogP contribution in [0.3, 0.4) is 0 Å². The summed E-state index contributed by atoms with van der Waals surface area (Å²) in [5.41, 5.74) is 0.689. The Balaban J connectivity index is 0.00000133. The standard InChI is InChI=1S/C10H8N4O4.Na/c15-7-3-14-9-5(12-7)1-11-2-6(9)13(10(14)18)4-8(16)17;/h1-2H,3-4H2,(H,12,15)(H,16,17);/q;+1/p-1. The van der Waals surface area contributed by atoms with Gasteiger partial charge in [0.15, 0.2) is 0 Å². The van der Waals surface area contributed by atoms with Gasteiger partial charge in [0, 0.05) is 0 Å². The zero-order valence-corrected chi connectivity index (χ0v) is 12.0. The van der Waals surface area contributed by atoms with Crippen molar-refractivity contribution in [2.45, 2.75) is 13.1 Å². The first-order valence-electron chi connectivity index (χ1n) is 5.14. The Hall–Kier alpha value is -1.64. The molecule has 0 aliphatic carbocycles. The maximum Gasteiger partial charge on any atom is 1.00 e. The predicted octanol–water partition coefficient (Wildman–Crippen LogP) is -5.10. The van der Waals surface area contributed by atoms with E-state index in [4.69, 9.17) is 0 Å². The van der Waals surface area contributed by atoms with E-state index in [9.17, 15) is 19.5 Å². The Morgan fingerprint density at radius 2 is 2.16 bits per heavy atom. The summed E-state index contributed by atoms with van der Waals surface area (Å²) in [6.07, 6.45) is 2.80. The zero-order valence-electron chi connectivity index (χ0n) is 10.0. The maximum absolute atomic E-state index is 12.0. The summed E-state index contributed by atoms with van der Waals surface area (Å²) in [5, 5.41) is 13.2. The molecule has 0 radical (unpaired) electrons. The van der Waals surface area contributed by atoms with E-state index in [0.29, 0.717) is 16.7 Å². The van der Waals surface area contributed by atoms with Crippen LogP contribution in [0, 0.1) is 0 Å². The number of nitrogens with zero attached hydrogens (tertiary/aromatic N) is 3. The first kappa shape index (κ1) is 13.8. The zero-order chi connectivity index (χ0) is 12.9. The number of aromatic nitrogens is 3. The van der Waals surface area contributed by atoms with Crippen molar-refractivity contribution >= 4 is 28.6 Å². The third-order valence-corrected chi connectivity index (χ3v) is 2.78. The van der Waals surface area contributed by atoms with Crippen LogP contribution in [-0.2, 0) is 22.7 Å². The largest absolute Gasteiger partial charge is 1.00 e. The van der Waals surface area contributed by atoms with Gasteiger partial charge in [0.25, 0.3) is 0 Å². The van der Waals surface area contributed by atoms with Crippen molar-refractivity contribution in [3.63, 3.8) is 0 Å². The number of carboxylic acids is 1. The molecule has 3 rings (SSSR count). The Morgan fingerprint density at radius 1 is 1.42 bits per heavy atom. The number of amides is 1. The number of carboxylic acid groups (broad SMARTS) is 1. The van der Waals surface area contributed by atoms with E-state index in [2.05, 4.69) is 10.3 Å². The summed E-state index contributed by atoms with van der Waals surface area (Å²) in [4.78, 5) is 37.9. The molecule has 92 valence electrons. The van der Waals surface area contributed by atoms with Gasteiger partial charge in [0.05, 0.1) is 41.6 Å². The molecule has 0 fully saturated rings. The molecule has 0 unspecified atom stereocenters. The van der Waals surface area contributed by atoms with Crippen molar-refractivity contribution in [1.29, 1.82) is 0 Å². The molecule has 1 aliphatic heterocycles. The van der Waals surface area contributed by atoms with Crippen molar-refractivity contribution in [1.82, 2.24) is 14.1 Å². The first-order valence-corrected chi connectivity index (χ1v) is 5.14. The van der Waals surface area contributed by atoms with Crippen LogP contribution in [-0.4, -0.2) is 26.0 Å². The van der Waals surface area contributed by atoms with Crippen molar-refractivity contribution in [2.75, 3.05) is 5.32 Å². The molecule has 3 heterocycles. The van der Waals surface area contributed by atoms with Gasteiger partial charge in [-0.05, 0) is 0 Å². The van der Waals surface area contributed by atoms with E-state index >= 15 is 0 Å². The average molecular weight is 270 g/mol. The van der Waals surface area contributed by atoms with Crippen LogP contribution in [0.15, 0.2) is 17.2 Å². The number of nitrogens with one attached hydrogen (secondary N) is 1. The number of imidazole rings is 1. The minimum Gasteiger partial charge on any atom is -0.548 e. The van der Waals surface area contributed by atoms with Crippen LogP contribution in [0.25, 0.3) is 11.0 Å². The summed E-state index contributed by atoms with van der Waals surface area (Å²) in [6, 6.07) is 0. The van der Waals surface area contributed by atoms with Gasteiger partial charge in [0.2, 0.25) is 5.91 Å². The van der Waals surface area contributed by atoms with Gasteiger partial charge in [-0.15, -0.1) is 0 Å². The molecule has 1 aliphatic rings. The quantitative estimate of drug-likeness (QED) is 0.549. The van der Waals surface area contributed by atoms with E-state index in [0.717, 1.165) is 4.57 Å². The number of hydrogen-bond acceptors (Lipinski definition) is 5. The third-order valence-electron chi connectivity index (χ3n) is 2.78. The van der Waals surface area contributed by atoms with E-state index in [1.54, 1.807) is 0 Å². The molecule has 2 aromatic heterocycles.